The van der Waals surface area contributed by atoms with E-state index in [2.05, 4.69) is 13.8 Å². The fourth-order valence-corrected chi connectivity index (χ4v) is 2.49. The van der Waals surface area contributed by atoms with Gasteiger partial charge in [0.15, 0.2) is 12.7 Å². The summed E-state index contributed by atoms with van der Waals surface area (Å²) in [4.78, 5) is 24.7. The molecule has 0 saturated carbocycles. The number of carbonyl (C=O) groups is 2. The smallest absolute Gasteiger partial charge is 0.334 e. The first-order valence-corrected chi connectivity index (χ1v) is 7.86. The molecule has 1 amide bonds. The maximum atomic E-state index is 12.2. The number of nitrogens with zero attached hydrogens (tertiary/aromatic N) is 1. The first kappa shape index (κ1) is 17.3. The lowest BCUT2D eigenvalue weighted by molar-refractivity contribution is -0.159. The van der Waals surface area contributed by atoms with Crippen molar-refractivity contribution < 1.29 is 24.2 Å². The topological polar surface area (TPSA) is 76.1 Å². The molecule has 2 atom stereocenters. The molecule has 1 aromatic carbocycles. The predicted octanol–water partition coefficient (Wildman–Crippen LogP) is 1.89. The minimum atomic E-state index is -1.05. The second kappa shape index (κ2) is 7.97. The first-order valence-electron chi connectivity index (χ1n) is 7.86. The van der Waals surface area contributed by atoms with E-state index in [1.54, 1.807) is 0 Å². The van der Waals surface area contributed by atoms with E-state index in [0.29, 0.717) is 18.2 Å². The van der Waals surface area contributed by atoms with Crippen molar-refractivity contribution in [2.75, 3.05) is 26.3 Å². The van der Waals surface area contributed by atoms with Crippen LogP contribution in [0.3, 0.4) is 0 Å². The van der Waals surface area contributed by atoms with Crippen molar-refractivity contribution in [2.24, 2.45) is 0 Å². The fourth-order valence-electron chi connectivity index (χ4n) is 2.49. The quantitative estimate of drug-likeness (QED) is 0.866. The number of ether oxygens (including phenoxy) is 2. The van der Waals surface area contributed by atoms with Gasteiger partial charge in [-0.25, -0.2) is 4.79 Å². The Bertz CT molecular complexity index is 560. The number of amides is 1. The molecule has 0 radical (unpaired) electrons. The third kappa shape index (κ3) is 4.45. The van der Waals surface area contributed by atoms with Gasteiger partial charge in [0, 0.05) is 6.54 Å². The molecule has 23 heavy (non-hydrogen) atoms. The molecule has 0 aliphatic carbocycles. The van der Waals surface area contributed by atoms with Crippen LogP contribution in [0.5, 0.6) is 5.75 Å². The van der Waals surface area contributed by atoms with Crippen LogP contribution in [0.25, 0.3) is 0 Å². The predicted molar refractivity (Wildman–Crippen MR) is 84.6 cm³/mol. The van der Waals surface area contributed by atoms with Gasteiger partial charge in [-0.1, -0.05) is 32.0 Å². The molecule has 1 heterocycles. The zero-order valence-corrected chi connectivity index (χ0v) is 13.5. The van der Waals surface area contributed by atoms with Crippen molar-refractivity contribution in [3.8, 4) is 5.75 Å². The van der Waals surface area contributed by atoms with Crippen LogP contribution in [0.2, 0.25) is 0 Å². The number of hydrogen-bond donors (Lipinski definition) is 1. The van der Waals surface area contributed by atoms with Gasteiger partial charge in [-0.3, -0.25) is 4.79 Å². The highest BCUT2D eigenvalue weighted by molar-refractivity contribution is 5.79. The van der Waals surface area contributed by atoms with Crippen LogP contribution in [0.1, 0.15) is 31.7 Å². The molecule has 6 heteroatoms. The minimum absolute atomic E-state index is 0.0601. The Morgan fingerprint density at radius 2 is 2.17 bits per heavy atom. The van der Waals surface area contributed by atoms with Gasteiger partial charge in [0.1, 0.15) is 5.75 Å². The third-order valence-corrected chi connectivity index (χ3v) is 4.11. The average molecular weight is 321 g/mol. The maximum Gasteiger partial charge on any atom is 0.334 e. The van der Waals surface area contributed by atoms with E-state index in [4.69, 9.17) is 14.6 Å². The highest BCUT2D eigenvalue weighted by atomic mass is 16.5. The third-order valence-electron chi connectivity index (χ3n) is 4.11. The molecule has 0 bridgehead atoms. The van der Waals surface area contributed by atoms with Gasteiger partial charge in [-0.2, -0.15) is 0 Å². The number of rotatable bonds is 6. The lowest BCUT2D eigenvalue weighted by Gasteiger charge is -2.30. The van der Waals surface area contributed by atoms with Crippen molar-refractivity contribution in [3.05, 3.63) is 29.8 Å². The zero-order valence-electron chi connectivity index (χ0n) is 13.5. The summed E-state index contributed by atoms with van der Waals surface area (Å²) in [6.07, 6.45) is 0.0260. The van der Waals surface area contributed by atoms with Gasteiger partial charge in [-0.05, 0) is 24.0 Å². The van der Waals surface area contributed by atoms with Crippen LogP contribution in [0.15, 0.2) is 24.3 Å². The van der Waals surface area contributed by atoms with Gasteiger partial charge >= 0.3 is 5.97 Å². The SMILES string of the molecule is CC[C@@H](C)c1ccccc1OCC(=O)N1CCO[C@@H](C(=O)O)C1. The summed E-state index contributed by atoms with van der Waals surface area (Å²) in [5, 5.41) is 8.98. The van der Waals surface area contributed by atoms with Crippen LogP contribution >= 0.6 is 0 Å². The molecule has 1 aliphatic heterocycles. The molecule has 1 aliphatic rings. The highest BCUT2D eigenvalue weighted by Crippen LogP contribution is 2.28. The summed E-state index contributed by atoms with van der Waals surface area (Å²) in [6, 6.07) is 7.69. The second-order valence-electron chi connectivity index (χ2n) is 5.67. The van der Waals surface area contributed by atoms with Gasteiger partial charge in [0.05, 0.1) is 13.2 Å². The standard InChI is InChI=1S/C17H23NO5/c1-3-12(2)13-6-4-5-7-14(13)23-11-16(19)18-8-9-22-15(10-18)17(20)21/h4-7,12,15H,3,8-11H2,1-2H3,(H,20,21)/t12-,15-/m1/s1. The van der Waals surface area contributed by atoms with Crippen molar-refractivity contribution in [3.63, 3.8) is 0 Å². The summed E-state index contributed by atoms with van der Waals surface area (Å²) in [7, 11) is 0. The summed E-state index contributed by atoms with van der Waals surface area (Å²) in [6.45, 7) is 4.80. The normalized spacial score (nSPS) is 19.2. The Morgan fingerprint density at radius 3 is 2.87 bits per heavy atom. The number of benzene rings is 1. The molecule has 0 spiro atoms. The molecular weight excluding hydrogens is 298 g/mol. The largest absolute Gasteiger partial charge is 0.483 e. The summed E-state index contributed by atoms with van der Waals surface area (Å²) < 4.78 is 10.8. The van der Waals surface area contributed by atoms with Crippen LogP contribution in [0, 0.1) is 0 Å². The number of aliphatic carboxylic acids is 1. The molecule has 2 rings (SSSR count). The first-order chi connectivity index (χ1) is 11.0. The van der Waals surface area contributed by atoms with Crippen molar-refractivity contribution in [1.29, 1.82) is 0 Å². The molecule has 1 saturated heterocycles. The lowest BCUT2D eigenvalue weighted by Crippen LogP contribution is -2.49. The fraction of sp³-hybridized carbons (Fsp3) is 0.529. The minimum Gasteiger partial charge on any atom is -0.483 e. The molecule has 6 nitrogen and oxygen atoms in total. The van der Waals surface area contributed by atoms with Crippen LogP contribution in [-0.4, -0.2) is 54.3 Å². The maximum absolute atomic E-state index is 12.2. The van der Waals surface area contributed by atoms with Gasteiger partial charge in [0.2, 0.25) is 0 Å². The second-order valence-corrected chi connectivity index (χ2v) is 5.67. The number of carboxylic acid groups (broad SMARTS) is 1. The molecule has 0 unspecified atom stereocenters. The van der Waals surface area contributed by atoms with E-state index < -0.39 is 12.1 Å². The molecule has 126 valence electrons. The summed E-state index contributed by atoms with van der Waals surface area (Å²) in [5.41, 5.74) is 1.08. The van der Waals surface area contributed by atoms with Crippen molar-refractivity contribution in [2.45, 2.75) is 32.3 Å². The number of morpholine rings is 1. The Kier molecular flexibility index (Phi) is 5.98. The molecule has 1 aromatic rings. The van der Waals surface area contributed by atoms with E-state index in [1.807, 2.05) is 24.3 Å². The molecular formula is C17H23NO5. The van der Waals surface area contributed by atoms with Crippen LogP contribution in [-0.2, 0) is 14.3 Å². The van der Waals surface area contributed by atoms with Crippen molar-refractivity contribution >= 4 is 11.9 Å². The highest BCUT2D eigenvalue weighted by Gasteiger charge is 2.29. The molecule has 0 aromatic heterocycles. The lowest BCUT2D eigenvalue weighted by atomic mass is 9.98. The van der Waals surface area contributed by atoms with E-state index in [-0.39, 0.29) is 25.7 Å². The van der Waals surface area contributed by atoms with Crippen LogP contribution < -0.4 is 4.74 Å². The summed E-state index contributed by atoms with van der Waals surface area (Å²) >= 11 is 0. The number of hydrogen-bond acceptors (Lipinski definition) is 4. The molecule has 1 fully saturated rings. The Hall–Kier alpha value is -2.08. The zero-order chi connectivity index (χ0) is 16.8. The van der Waals surface area contributed by atoms with Crippen LogP contribution in [0.4, 0.5) is 0 Å². The monoisotopic (exact) mass is 321 g/mol. The van der Waals surface area contributed by atoms with Gasteiger partial charge in [-0.15, -0.1) is 0 Å². The van der Waals surface area contributed by atoms with Gasteiger partial charge in [0.25, 0.3) is 5.91 Å². The number of para-hydroxylation sites is 1. The van der Waals surface area contributed by atoms with E-state index in [1.165, 1.54) is 4.90 Å². The average Bonchev–Trinajstić information content (AvgIpc) is 2.59. The summed E-state index contributed by atoms with van der Waals surface area (Å²) in [5.74, 6) is -0.219. The Balaban J connectivity index is 1.96. The van der Waals surface area contributed by atoms with Gasteiger partial charge < -0.3 is 19.5 Å². The number of carbonyl (C=O) groups excluding carboxylic acids is 1. The van der Waals surface area contributed by atoms with E-state index >= 15 is 0 Å². The van der Waals surface area contributed by atoms with E-state index in [0.717, 1.165) is 12.0 Å². The van der Waals surface area contributed by atoms with Crippen molar-refractivity contribution in [1.82, 2.24) is 4.90 Å². The number of carboxylic acids is 1. The molecule has 1 N–H and O–H groups in total. The Labute approximate surface area is 136 Å². The Morgan fingerprint density at radius 1 is 1.43 bits per heavy atom. The van der Waals surface area contributed by atoms with E-state index in [9.17, 15) is 9.59 Å².